The fraction of sp³-hybridized carbons (Fsp3) is 0.176. The summed E-state index contributed by atoms with van der Waals surface area (Å²) in [7, 11) is 1.57. The van der Waals surface area contributed by atoms with Crippen LogP contribution in [-0.4, -0.2) is 25.5 Å². The zero-order valence-electron chi connectivity index (χ0n) is 12.6. The van der Waals surface area contributed by atoms with E-state index in [2.05, 4.69) is 10.6 Å². The van der Waals surface area contributed by atoms with Crippen LogP contribution in [0.25, 0.3) is 0 Å². The molecular formula is C17H18N2O3. The molecule has 0 atom stereocenters. The zero-order chi connectivity index (χ0) is 15.9. The highest BCUT2D eigenvalue weighted by molar-refractivity contribution is 6.04. The van der Waals surface area contributed by atoms with Gasteiger partial charge >= 0.3 is 0 Å². The van der Waals surface area contributed by atoms with E-state index in [1.165, 1.54) is 0 Å². The fourth-order valence-corrected chi connectivity index (χ4v) is 1.92. The van der Waals surface area contributed by atoms with E-state index >= 15 is 0 Å². The third-order valence-electron chi connectivity index (χ3n) is 3.06. The molecule has 2 N–H and O–H groups in total. The molecule has 0 saturated carbocycles. The van der Waals surface area contributed by atoms with Gasteiger partial charge in [-0.15, -0.1) is 0 Å². The standard InChI is InChI=1S/C17H18N2O3/c1-3-22-15-10-6-13(7-11-15)17(21)19-14-8-4-12(5-9-14)16(20)18-2/h4-11H,3H2,1-2H3,(H,18,20)(H,19,21). The molecule has 0 aliphatic carbocycles. The first-order valence-electron chi connectivity index (χ1n) is 7.00. The van der Waals surface area contributed by atoms with E-state index in [0.717, 1.165) is 5.75 Å². The Labute approximate surface area is 129 Å². The van der Waals surface area contributed by atoms with Crippen LogP contribution in [0.1, 0.15) is 27.6 Å². The molecule has 114 valence electrons. The number of hydrogen-bond donors (Lipinski definition) is 2. The Morgan fingerprint density at radius 1 is 0.909 bits per heavy atom. The van der Waals surface area contributed by atoms with Crippen molar-refractivity contribution < 1.29 is 14.3 Å². The van der Waals surface area contributed by atoms with Crippen molar-refractivity contribution in [3.8, 4) is 5.75 Å². The molecule has 0 aromatic heterocycles. The molecule has 2 aromatic carbocycles. The maximum atomic E-state index is 12.1. The Morgan fingerprint density at radius 2 is 1.45 bits per heavy atom. The normalized spacial score (nSPS) is 9.91. The van der Waals surface area contributed by atoms with Gasteiger partial charge in [-0.05, 0) is 55.5 Å². The van der Waals surface area contributed by atoms with Crippen molar-refractivity contribution in [3.05, 3.63) is 59.7 Å². The molecule has 0 aliphatic rings. The molecule has 2 aromatic rings. The predicted octanol–water partition coefficient (Wildman–Crippen LogP) is 2.70. The van der Waals surface area contributed by atoms with Crippen molar-refractivity contribution in [2.24, 2.45) is 0 Å². The second-order valence-corrected chi connectivity index (χ2v) is 4.57. The number of anilines is 1. The summed E-state index contributed by atoms with van der Waals surface area (Å²) in [6.07, 6.45) is 0. The molecule has 2 amide bonds. The van der Waals surface area contributed by atoms with Crippen molar-refractivity contribution in [1.82, 2.24) is 5.32 Å². The molecule has 2 rings (SSSR count). The molecule has 0 bridgehead atoms. The highest BCUT2D eigenvalue weighted by Crippen LogP contribution is 2.15. The summed E-state index contributed by atoms with van der Waals surface area (Å²) in [5.74, 6) is 0.356. The first-order chi connectivity index (χ1) is 10.6. The Morgan fingerprint density at radius 3 is 2.00 bits per heavy atom. The molecular weight excluding hydrogens is 280 g/mol. The van der Waals surface area contributed by atoms with Gasteiger partial charge in [0.2, 0.25) is 0 Å². The molecule has 5 heteroatoms. The number of carbonyl (C=O) groups is 2. The maximum Gasteiger partial charge on any atom is 0.255 e. The molecule has 0 saturated heterocycles. The predicted molar refractivity (Wildman–Crippen MR) is 85.4 cm³/mol. The van der Waals surface area contributed by atoms with E-state index in [1.807, 2.05) is 6.92 Å². The van der Waals surface area contributed by atoms with Gasteiger partial charge < -0.3 is 15.4 Å². The highest BCUT2D eigenvalue weighted by atomic mass is 16.5. The lowest BCUT2D eigenvalue weighted by molar-refractivity contribution is 0.0962. The van der Waals surface area contributed by atoms with E-state index < -0.39 is 0 Å². The average Bonchev–Trinajstić information content (AvgIpc) is 2.55. The smallest absolute Gasteiger partial charge is 0.255 e. The van der Waals surface area contributed by atoms with Crippen molar-refractivity contribution in [1.29, 1.82) is 0 Å². The van der Waals surface area contributed by atoms with E-state index in [9.17, 15) is 9.59 Å². The molecule has 0 spiro atoms. The lowest BCUT2D eigenvalue weighted by atomic mass is 10.1. The van der Waals surface area contributed by atoms with Gasteiger partial charge in [0, 0.05) is 23.9 Å². The third-order valence-corrected chi connectivity index (χ3v) is 3.06. The quantitative estimate of drug-likeness (QED) is 0.892. The van der Waals surface area contributed by atoms with Crippen LogP contribution in [0.2, 0.25) is 0 Å². The summed E-state index contributed by atoms with van der Waals surface area (Å²) in [6, 6.07) is 13.6. The minimum atomic E-state index is -0.212. The third kappa shape index (κ3) is 3.85. The number of carbonyl (C=O) groups excluding carboxylic acids is 2. The van der Waals surface area contributed by atoms with E-state index in [0.29, 0.717) is 23.4 Å². The van der Waals surface area contributed by atoms with E-state index in [1.54, 1.807) is 55.6 Å². The first-order valence-corrected chi connectivity index (χ1v) is 7.00. The van der Waals surface area contributed by atoms with Gasteiger partial charge in [-0.3, -0.25) is 9.59 Å². The van der Waals surface area contributed by atoms with E-state index in [4.69, 9.17) is 4.74 Å². The van der Waals surface area contributed by atoms with E-state index in [-0.39, 0.29) is 11.8 Å². The van der Waals surface area contributed by atoms with Gasteiger partial charge in [-0.1, -0.05) is 0 Å². The molecule has 22 heavy (non-hydrogen) atoms. The second-order valence-electron chi connectivity index (χ2n) is 4.57. The van der Waals surface area contributed by atoms with Crippen molar-refractivity contribution in [2.45, 2.75) is 6.92 Å². The monoisotopic (exact) mass is 298 g/mol. The average molecular weight is 298 g/mol. The summed E-state index contributed by atoms with van der Waals surface area (Å²) in [5.41, 5.74) is 1.71. The van der Waals surface area contributed by atoms with Gasteiger partial charge in [-0.25, -0.2) is 0 Å². The SMILES string of the molecule is CCOc1ccc(C(=O)Nc2ccc(C(=O)NC)cc2)cc1. The number of hydrogen-bond acceptors (Lipinski definition) is 3. The topological polar surface area (TPSA) is 67.4 Å². The molecule has 0 aliphatic heterocycles. The summed E-state index contributed by atoms with van der Waals surface area (Å²) in [4.78, 5) is 23.6. The maximum absolute atomic E-state index is 12.1. The van der Waals surface area contributed by atoms with Crippen LogP contribution >= 0.6 is 0 Å². The lowest BCUT2D eigenvalue weighted by Crippen LogP contribution is -2.17. The number of benzene rings is 2. The van der Waals surface area contributed by atoms with Crippen molar-refractivity contribution in [2.75, 3.05) is 19.0 Å². The van der Waals surface area contributed by atoms with Crippen LogP contribution in [0.4, 0.5) is 5.69 Å². The Hall–Kier alpha value is -2.82. The fourth-order valence-electron chi connectivity index (χ4n) is 1.92. The summed E-state index contributed by atoms with van der Waals surface area (Å²) >= 11 is 0. The minimum Gasteiger partial charge on any atom is -0.494 e. The zero-order valence-corrected chi connectivity index (χ0v) is 12.6. The molecule has 0 fully saturated rings. The highest BCUT2D eigenvalue weighted by Gasteiger charge is 2.07. The van der Waals surface area contributed by atoms with Crippen molar-refractivity contribution >= 4 is 17.5 Å². The Bertz CT molecular complexity index is 649. The Kier molecular flexibility index (Phi) is 5.14. The number of ether oxygens (including phenoxy) is 1. The van der Waals surface area contributed by atoms with Crippen LogP contribution in [0, 0.1) is 0 Å². The van der Waals surface area contributed by atoms with Gasteiger partial charge in [0.25, 0.3) is 11.8 Å². The lowest BCUT2D eigenvalue weighted by Gasteiger charge is -2.07. The molecule has 0 heterocycles. The van der Waals surface area contributed by atoms with Gasteiger partial charge in [0.15, 0.2) is 0 Å². The van der Waals surface area contributed by atoms with Crippen LogP contribution in [-0.2, 0) is 0 Å². The second kappa shape index (κ2) is 7.26. The molecule has 5 nitrogen and oxygen atoms in total. The van der Waals surface area contributed by atoms with Crippen LogP contribution in [0.5, 0.6) is 5.75 Å². The number of rotatable bonds is 5. The number of amides is 2. The van der Waals surface area contributed by atoms with Crippen LogP contribution in [0.15, 0.2) is 48.5 Å². The summed E-state index contributed by atoms with van der Waals surface area (Å²) in [6.45, 7) is 2.49. The van der Waals surface area contributed by atoms with Crippen LogP contribution < -0.4 is 15.4 Å². The largest absolute Gasteiger partial charge is 0.494 e. The van der Waals surface area contributed by atoms with Gasteiger partial charge in [-0.2, -0.15) is 0 Å². The van der Waals surface area contributed by atoms with Gasteiger partial charge in [0.1, 0.15) is 5.75 Å². The molecule has 0 unspecified atom stereocenters. The van der Waals surface area contributed by atoms with Crippen molar-refractivity contribution in [3.63, 3.8) is 0 Å². The van der Waals surface area contributed by atoms with Crippen LogP contribution in [0.3, 0.4) is 0 Å². The Balaban J connectivity index is 2.03. The summed E-state index contributed by atoms with van der Waals surface area (Å²) < 4.78 is 5.34. The number of nitrogens with one attached hydrogen (secondary N) is 2. The molecule has 0 radical (unpaired) electrons. The summed E-state index contributed by atoms with van der Waals surface area (Å²) in [5, 5.41) is 5.33. The van der Waals surface area contributed by atoms with Gasteiger partial charge in [0.05, 0.1) is 6.61 Å². The first kappa shape index (κ1) is 15.6. The minimum absolute atomic E-state index is 0.163.